The van der Waals surface area contributed by atoms with Crippen molar-refractivity contribution in [2.24, 2.45) is 11.7 Å². The molecule has 3 atom stereocenters. The van der Waals surface area contributed by atoms with Crippen LogP contribution in [0.5, 0.6) is 0 Å². The van der Waals surface area contributed by atoms with Crippen LogP contribution in [0.25, 0.3) is 0 Å². The van der Waals surface area contributed by atoms with E-state index in [-0.39, 0.29) is 23.4 Å². The lowest BCUT2D eigenvalue weighted by Crippen LogP contribution is -2.43. The van der Waals surface area contributed by atoms with Gasteiger partial charge in [0.15, 0.2) is 5.78 Å². The Morgan fingerprint density at radius 3 is 2.43 bits per heavy atom. The maximum atomic E-state index is 12.8. The lowest BCUT2D eigenvalue weighted by atomic mass is 9.96. The summed E-state index contributed by atoms with van der Waals surface area (Å²) in [6.07, 6.45) is 4.34. The van der Waals surface area contributed by atoms with Crippen LogP contribution in [0.15, 0.2) is 54.6 Å². The van der Waals surface area contributed by atoms with Crippen LogP contribution in [-0.2, 0) is 16.0 Å². The molecule has 0 unspecified atom stereocenters. The largest absolute Gasteiger partial charge is 0.384 e. The highest BCUT2D eigenvalue weighted by Crippen LogP contribution is 2.38. The van der Waals surface area contributed by atoms with Crippen molar-refractivity contribution in [2.75, 3.05) is 0 Å². The van der Waals surface area contributed by atoms with Crippen LogP contribution in [0.1, 0.15) is 61.6 Å². The SMILES string of the molecule is CC[C@H](NC(=O)[C@@H]1CC[C@@H](c2ccccc2)C1)C(=O)CCc1ccc(C(=N)N)cc1. The topological polar surface area (TPSA) is 96.0 Å². The highest BCUT2D eigenvalue weighted by Gasteiger charge is 2.32. The monoisotopic (exact) mass is 405 g/mol. The van der Waals surface area contributed by atoms with Crippen molar-refractivity contribution in [1.82, 2.24) is 5.32 Å². The summed E-state index contributed by atoms with van der Waals surface area (Å²) in [5, 5.41) is 10.4. The molecule has 0 radical (unpaired) electrons. The number of nitrogens with one attached hydrogen (secondary N) is 2. The number of nitrogens with two attached hydrogens (primary N) is 1. The van der Waals surface area contributed by atoms with Crippen molar-refractivity contribution in [1.29, 1.82) is 5.41 Å². The van der Waals surface area contributed by atoms with Crippen LogP contribution in [0.4, 0.5) is 0 Å². The average Bonchev–Trinajstić information content (AvgIpc) is 3.27. The number of amides is 1. The molecule has 0 bridgehead atoms. The summed E-state index contributed by atoms with van der Waals surface area (Å²) in [7, 11) is 0. The first kappa shape index (κ1) is 21.8. The second-order valence-corrected chi connectivity index (χ2v) is 8.16. The van der Waals surface area contributed by atoms with Gasteiger partial charge in [0.25, 0.3) is 0 Å². The van der Waals surface area contributed by atoms with E-state index in [4.69, 9.17) is 11.1 Å². The van der Waals surface area contributed by atoms with Crippen molar-refractivity contribution >= 4 is 17.5 Å². The molecule has 1 aliphatic carbocycles. The van der Waals surface area contributed by atoms with Gasteiger partial charge in [0, 0.05) is 17.9 Å². The Bertz CT molecular complexity index is 877. The van der Waals surface area contributed by atoms with Crippen LogP contribution >= 0.6 is 0 Å². The molecule has 158 valence electrons. The fraction of sp³-hybridized carbons (Fsp3) is 0.400. The van der Waals surface area contributed by atoms with Gasteiger partial charge in [0.1, 0.15) is 5.84 Å². The van der Waals surface area contributed by atoms with Gasteiger partial charge in [-0.3, -0.25) is 15.0 Å². The number of nitrogen functional groups attached to an aromatic ring is 1. The van der Waals surface area contributed by atoms with Gasteiger partial charge in [-0.25, -0.2) is 0 Å². The molecule has 0 heterocycles. The normalized spacial score (nSPS) is 19.2. The number of aryl methyl sites for hydroxylation is 1. The zero-order valence-electron chi connectivity index (χ0n) is 17.6. The minimum Gasteiger partial charge on any atom is -0.384 e. The van der Waals surface area contributed by atoms with Crippen molar-refractivity contribution in [3.05, 3.63) is 71.3 Å². The highest BCUT2D eigenvalue weighted by atomic mass is 16.2. The highest BCUT2D eigenvalue weighted by molar-refractivity contribution is 5.95. The predicted octanol–water partition coefficient (Wildman–Crippen LogP) is 3.95. The van der Waals surface area contributed by atoms with Crippen molar-refractivity contribution in [3.8, 4) is 0 Å². The van der Waals surface area contributed by atoms with Crippen molar-refractivity contribution < 1.29 is 9.59 Å². The Morgan fingerprint density at radius 1 is 1.10 bits per heavy atom. The van der Waals surface area contributed by atoms with E-state index in [0.717, 1.165) is 24.8 Å². The first-order chi connectivity index (χ1) is 14.5. The van der Waals surface area contributed by atoms with Gasteiger partial charge in [-0.15, -0.1) is 0 Å². The number of Topliss-reactive ketones (excluding diaryl/α,β-unsaturated/α-hetero) is 1. The van der Waals surface area contributed by atoms with Gasteiger partial charge in [0.2, 0.25) is 5.91 Å². The fourth-order valence-electron chi connectivity index (χ4n) is 4.24. The van der Waals surface area contributed by atoms with Gasteiger partial charge < -0.3 is 11.1 Å². The smallest absolute Gasteiger partial charge is 0.223 e. The molecule has 1 amide bonds. The van der Waals surface area contributed by atoms with E-state index in [9.17, 15) is 9.59 Å². The molecule has 2 aromatic rings. The maximum absolute atomic E-state index is 12.8. The minimum absolute atomic E-state index is 0.0134. The van der Waals surface area contributed by atoms with Crippen molar-refractivity contribution in [2.45, 2.75) is 57.4 Å². The van der Waals surface area contributed by atoms with E-state index >= 15 is 0 Å². The van der Waals surface area contributed by atoms with Crippen LogP contribution in [0.2, 0.25) is 0 Å². The van der Waals surface area contributed by atoms with Crippen molar-refractivity contribution in [3.63, 3.8) is 0 Å². The summed E-state index contributed by atoms with van der Waals surface area (Å²) >= 11 is 0. The number of amidine groups is 1. The number of benzene rings is 2. The number of hydrogen-bond donors (Lipinski definition) is 3. The summed E-state index contributed by atoms with van der Waals surface area (Å²) in [6, 6.07) is 17.3. The lowest BCUT2D eigenvalue weighted by molar-refractivity contribution is -0.130. The third-order valence-corrected chi connectivity index (χ3v) is 6.11. The Morgan fingerprint density at radius 2 is 1.80 bits per heavy atom. The van der Waals surface area contributed by atoms with Gasteiger partial charge in [-0.2, -0.15) is 0 Å². The summed E-state index contributed by atoms with van der Waals surface area (Å²) in [4.78, 5) is 25.5. The molecule has 3 rings (SSSR count). The Labute approximate surface area is 178 Å². The molecule has 5 nitrogen and oxygen atoms in total. The van der Waals surface area contributed by atoms with Gasteiger partial charge in [-0.1, -0.05) is 61.5 Å². The molecule has 0 saturated heterocycles. The molecule has 4 N–H and O–H groups in total. The Kier molecular flexibility index (Phi) is 7.39. The predicted molar refractivity (Wildman–Crippen MR) is 120 cm³/mol. The second-order valence-electron chi connectivity index (χ2n) is 8.16. The number of ketones is 1. The quantitative estimate of drug-likeness (QED) is 0.435. The second kappa shape index (κ2) is 10.2. The first-order valence-electron chi connectivity index (χ1n) is 10.8. The average molecular weight is 406 g/mol. The summed E-state index contributed by atoms with van der Waals surface area (Å²) < 4.78 is 0. The fourth-order valence-corrected chi connectivity index (χ4v) is 4.24. The Hall–Kier alpha value is -2.95. The molecular formula is C25H31N3O2. The molecule has 1 fully saturated rings. The van der Waals surface area contributed by atoms with Crippen LogP contribution in [0, 0.1) is 11.3 Å². The zero-order chi connectivity index (χ0) is 21.5. The van der Waals surface area contributed by atoms with E-state index in [1.165, 1.54) is 5.56 Å². The zero-order valence-corrected chi connectivity index (χ0v) is 17.6. The van der Waals surface area contributed by atoms with Crippen LogP contribution < -0.4 is 11.1 Å². The van der Waals surface area contributed by atoms with Gasteiger partial charge >= 0.3 is 0 Å². The number of rotatable bonds is 9. The molecule has 30 heavy (non-hydrogen) atoms. The summed E-state index contributed by atoms with van der Waals surface area (Å²) in [5.41, 5.74) is 8.47. The lowest BCUT2D eigenvalue weighted by Gasteiger charge is -2.19. The van der Waals surface area contributed by atoms with E-state index < -0.39 is 6.04 Å². The molecule has 0 aromatic heterocycles. The molecule has 2 aromatic carbocycles. The first-order valence-corrected chi connectivity index (χ1v) is 10.8. The third kappa shape index (κ3) is 5.56. The molecule has 1 aliphatic rings. The minimum atomic E-state index is -0.426. The molecular weight excluding hydrogens is 374 g/mol. The van der Waals surface area contributed by atoms with Crippen LogP contribution in [0.3, 0.4) is 0 Å². The standard InChI is InChI=1S/C25H31N3O2/c1-2-22(23(29)15-10-17-8-11-19(12-9-17)24(26)27)28-25(30)21-14-13-20(16-21)18-6-4-3-5-7-18/h3-9,11-12,20-22H,2,10,13-16H2,1H3,(H3,26,27)(H,28,30)/t20-,21-,22+/m1/s1. The molecule has 5 heteroatoms. The number of carbonyl (C=O) groups is 2. The number of carbonyl (C=O) groups excluding carboxylic acids is 2. The van der Waals surface area contributed by atoms with Gasteiger partial charge in [-0.05, 0) is 49.1 Å². The van der Waals surface area contributed by atoms with Crippen LogP contribution in [-0.4, -0.2) is 23.6 Å². The maximum Gasteiger partial charge on any atom is 0.223 e. The van der Waals surface area contributed by atoms with E-state index in [1.54, 1.807) is 12.1 Å². The molecule has 0 spiro atoms. The third-order valence-electron chi connectivity index (χ3n) is 6.11. The van der Waals surface area contributed by atoms with E-state index in [1.807, 2.05) is 37.3 Å². The molecule has 1 saturated carbocycles. The van der Waals surface area contributed by atoms with Gasteiger partial charge in [0.05, 0.1) is 6.04 Å². The van der Waals surface area contributed by atoms with E-state index in [0.29, 0.717) is 30.7 Å². The summed E-state index contributed by atoms with van der Waals surface area (Å²) in [5.74, 6) is 0.526. The molecule has 0 aliphatic heterocycles. The Balaban J connectivity index is 1.50. The summed E-state index contributed by atoms with van der Waals surface area (Å²) in [6.45, 7) is 1.94. The van der Waals surface area contributed by atoms with E-state index in [2.05, 4.69) is 17.4 Å². The number of hydrogen-bond acceptors (Lipinski definition) is 3.